The van der Waals surface area contributed by atoms with Crippen LogP contribution in [0.3, 0.4) is 0 Å². The second kappa shape index (κ2) is 6.96. The van der Waals surface area contributed by atoms with Crippen LogP contribution in [-0.2, 0) is 9.59 Å². The summed E-state index contributed by atoms with van der Waals surface area (Å²) >= 11 is 0. The Labute approximate surface area is 112 Å². The Balaban J connectivity index is 2.36. The van der Waals surface area contributed by atoms with Crippen molar-refractivity contribution in [3.05, 3.63) is 0 Å². The van der Waals surface area contributed by atoms with Gasteiger partial charge in [0.2, 0.25) is 5.91 Å². The highest BCUT2D eigenvalue weighted by molar-refractivity contribution is 5.86. The van der Waals surface area contributed by atoms with Crippen LogP contribution in [-0.4, -0.2) is 65.5 Å². The van der Waals surface area contributed by atoms with Crippen molar-refractivity contribution >= 4 is 17.9 Å². The first kappa shape index (κ1) is 15.3. The predicted molar refractivity (Wildman–Crippen MR) is 68.7 cm³/mol. The van der Waals surface area contributed by atoms with Crippen LogP contribution in [0.2, 0.25) is 0 Å². The molecule has 0 saturated carbocycles. The maximum atomic E-state index is 11.8. The third kappa shape index (κ3) is 4.42. The van der Waals surface area contributed by atoms with Gasteiger partial charge in [-0.15, -0.1) is 0 Å². The summed E-state index contributed by atoms with van der Waals surface area (Å²) in [5.41, 5.74) is 0. The molecule has 1 unspecified atom stereocenters. The van der Waals surface area contributed by atoms with E-state index in [1.807, 2.05) is 0 Å². The third-order valence-electron chi connectivity index (χ3n) is 3.36. The first-order chi connectivity index (χ1) is 8.93. The van der Waals surface area contributed by atoms with Crippen molar-refractivity contribution in [1.29, 1.82) is 0 Å². The van der Waals surface area contributed by atoms with Crippen LogP contribution in [0.25, 0.3) is 0 Å². The number of carboxylic acid groups (broad SMARTS) is 1. The zero-order chi connectivity index (χ0) is 14.4. The summed E-state index contributed by atoms with van der Waals surface area (Å²) in [6, 6.07) is -1.48. The van der Waals surface area contributed by atoms with Crippen molar-refractivity contribution in [3.8, 4) is 0 Å². The Hall–Kier alpha value is -1.79. The SMILES string of the molecule is CC(C(=O)O)N(C)C(=O)NCC(=O)N1CCCCC1. The molecule has 1 fully saturated rings. The molecule has 1 aliphatic heterocycles. The van der Waals surface area contributed by atoms with Crippen molar-refractivity contribution in [1.82, 2.24) is 15.1 Å². The molecule has 19 heavy (non-hydrogen) atoms. The number of carbonyl (C=O) groups is 3. The van der Waals surface area contributed by atoms with Gasteiger partial charge >= 0.3 is 12.0 Å². The summed E-state index contributed by atoms with van der Waals surface area (Å²) in [6.07, 6.45) is 3.13. The van der Waals surface area contributed by atoms with Gasteiger partial charge in [0.15, 0.2) is 0 Å². The van der Waals surface area contributed by atoms with Gasteiger partial charge < -0.3 is 20.2 Å². The van der Waals surface area contributed by atoms with Gasteiger partial charge in [-0.1, -0.05) is 0 Å². The van der Waals surface area contributed by atoms with E-state index < -0.39 is 18.0 Å². The molecule has 0 aromatic heterocycles. The molecule has 0 aromatic rings. The van der Waals surface area contributed by atoms with E-state index in [9.17, 15) is 14.4 Å². The second-order valence-corrected chi connectivity index (χ2v) is 4.73. The first-order valence-electron chi connectivity index (χ1n) is 6.44. The minimum atomic E-state index is -1.08. The molecule has 0 spiro atoms. The number of nitrogens with one attached hydrogen (secondary N) is 1. The molecule has 0 aliphatic carbocycles. The molecular formula is C12H21N3O4. The minimum Gasteiger partial charge on any atom is -0.480 e. The smallest absolute Gasteiger partial charge is 0.326 e. The summed E-state index contributed by atoms with van der Waals surface area (Å²) in [6.45, 7) is 2.79. The first-order valence-corrected chi connectivity index (χ1v) is 6.44. The number of hydrogen-bond donors (Lipinski definition) is 2. The zero-order valence-electron chi connectivity index (χ0n) is 11.4. The fourth-order valence-corrected chi connectivity index (χ4v) is 1.87. The molecule has 2 N–H and O–H groups in total. The number of aliphatic carboxylic acids is 1. The third-order valence-corrected chi connectivity index (χ3v) is 3.36. The Bertz CT molecular complexity index is 353. The predicted octanol–water partition coefficient (Wildman–Crippen LogP) is 0.113. The molecule has 1 heterocycles. The molecule has 108 valence electrons. The molecule has 1 rings (SSSR count). The average Bonchev–Trinajstić information content (AvgIpc) is 2.43. The standard InChI is InChI=1S/C12H21N3O4/c1-9(11(17)18)14(2)12(19)13-8-10(16)15-6-4-3-5-7-15/h9H,3-8H2,1-2H3,(H,13,19)(H,17,18). The van der Waals surface area contributed by atoms with Crippen LogP contribution in [0.1, 0.15) is 26.2 Å². The lowest BCUT2D eigenvalue weighted by molar-refractivity contribution is -0.141. The molecule has 3 amide bonds. The molecule has 7 nitrogen and oxygen atoms in total. The van der Waals surface area contributed by atoms with Gasteiger partial charge in [0, 0.05) is 20.1 Å². The highest BCUT2D eigenvalue weighted by Crippen LogP contribution is 2.08. The number of hydrogen-bond acceptors (Lipinski definition) is 3. The van der Waals surface area contributed by atoms with Crippen LogP contribution >= 0.6 is 0 Å². The maximum Gasteiger partial charge on any atom is 0.326 e. The molecule has 1 aliphatic rings. The van der Waals surface area contributed by atoms with Gasteiger partial charge in [-0.2, -0.15) is 0 Å². The van der Waals surface area contributed by atoms with E-state index in [2.05, 4.69) is 5.32 Å². The summed E-state index contributed by atoms with van der Waals surface area (Å²) < 4.78 is 0. The van der Waals surface area contributed by atoms with E-state index in [-0.39, 0.29) is 12.5 Å². The normalized spacial score (nSPS) is 16.6. The number of carboxylic acids is 1. The Morgan fingerprint density at radius 3 is 2.37 bits per heavy atom. The topological polar surface area (TPSA) is 90.0 Å². The number of nitrogens with zero attached hydrogens (tertiary/aromatic N) is 2. The number of rotatable bonds is 4. The van der Waals surface area contributed by atoms with Crippen LogP contribution in [0, 0.1) is 0 Å². The Kier molecular flexibility index (Phi) is 5.59. The highest BCUT2D eigenvalue weighted by atomic mass is 16.4. The van der Waals surface area contributed by atoms with Gasteiger partial charge in [-0.3, -0.25) is 4.79 Å². The molecule has 0 aromatic carbocycles. The van der Waals surface area contributed by atoms with Crippen molar-refractivity contribution in [3.63, 3.8) is 0 Å². The second-order valence-electron chi connectivity index (χ2n) is 4.73. The largest absolute Gasteiger partial charge is 0.480 e. The fourth-order valence-electron chi connectivity index (χ4n) is 1.87. The zero-order valence-corrected chi connectivity index (χ0v) is 11.4. The quantitative estimate of drug-likeness (QED) is 0.759. The highest BCUT2D eigenvalue weighted by Gasteiger charge is 2.23. The van der Waals surface area contributed by atoms with E-state index in [4.69, 9.17) is 5.11 Å². The number of carbonyl (C=O) groups excluding carboxylic acids is 2. The molecule has 0 bridgehead atoms. The van der Waals surface area contributed by atoms with Gasteiger partial charge in [0.25, 0.3) is 0 Å². The van der Waals surface area contributed by atoms with E-state index in [1.54, 1.807) is 4.90 Å². The van der Waals surface area contributed by atoms with Crippen LogP contribution in [0.4, 0.5) is 4.79 Å². The lowest BCUT2D eigenvalue weighted by Gasteiger charge is -2.27. The number of likely N-dealkylation sites (tertiary alicyclic amines) is 1. The van der Waals surface area contributed by atoms with E-state index in [0.717, 1.165) is 37.3 Å². The monoisotopic (exact) mass is 271 g/mol. The summed E-state index contributed by atoms with van der Waals surface area (Å²) in [4.78, 5) is 37.0. The molecule has 1 atom stereocenters. The molecular weight excluding hydrogens is 250 g/mol. The van der Waals surface area contributed by atoms with Crippen LogP contribution in [0.15, 0.2) is 0 Å². The summed E-state index contributed by atoms with van der Waals surface area (Å²) in [5.74, 6) is -1.20. The molecule has 7 heteroatoms. The lowest BCUT2D eigenvalue weighted by atomic mass is 10.1. The summed E-state index contributed by atoms with van der Waals surface area (Å²) in [7, 11) is 1.39. The minimum absolute atomic E-state index is 0.0878. The van der Waals surface area contributed by atoms with Gasteiger partial charge in [0.1, 0.15) is 6.04 Å². The van der Waals surface area contributed by atoms with Gasteiger partial charge in [0.05, 0.1) is 6.54 Å². The Morgan fingerprint density at radius 1 is 1.26 bits per heavy atom. The van der Waals surface area contributed by atoms with Crippen molar-refractivity contribution < 1.29 is 19.5 Å². The van der Waals surface area contributed by atoms with Crippen LogP contribution < -0.4 is 5.32 Å². The van der Waals surface area contributed by atoms with Crippen molar-refractivity contribution in [2.24, 2.45) is 0 Å². The number of likely N-dealkylation sites (N-methyl/N-ethyl adjacent to an activating group) is 1. The molecule has 1 saturated heterocycles. The Morgan fingerprint density at radius 2 is 1.84 bits per heavy atom. The number of urea groups is 1. The van der Waals surface area contributed by atoms with Gasteiger partial charge in [-0.25, -0.2) is 9.59 Å². The summed E-state index contributed by atoms with van der Waals surface area (Å²) in [5, 5.41) is 11.2. The fraction of sp³-hybridized carbons (Fsp3) is 0.750. The number of amides is 3. The van der Waals surface area contributed by atoms with Gasteiger partial charge in [-0.05, 0) is 26.2 Å². The number of piperidine rings is 1. The van der Waals surface area contributed by atoms with E-state index >= 15 is 0 Å². The maximum absolute atomic E-state index is 11.8. The van der Waals surface area contributed by atoms with E-state index in [0.29, 0.717) is 0 Å². The van der Waals surface area contributed by atoms with Crippen LogP contribution in [0.5, 0.6) is 0 Å². The van der Waals surface area contributed by atoms with Crippen molar-refractivity contribution in [2.45, 2.75) is 32.2 Å². The van der Waals surface area contributed by atoms with E-state index in [1.165, 1.54) is 14.0 Å². The van der Waals surface area contributed by atoms with Crippen molar-refractivity contribution in [2.75, 3.05) is 26.7 Å². The average molecular weight is 271 g/mol. The molecule has 0 radical (unpaired) electrons. The lowest BCUT2D eigenvalue weighted by Crippen LogP contribution is -2.49.